The second kappa shape index (κ2) is 5.53. The third kappa shape index (κ3) is 3.33. The quantitative estimate of drug-likeness (QED) is 0.864. The molecule has 0 aromatic carbocycles. The fraction of sp³-hybridized carbons (Fsp3) is 0.533. The van der Waals surface area contributed by atoms with Gasteiger partial charge >= 0.3 is 0 Å². The summed E-state index contributed by atoms with van der Waals surface area (Å²) in [5.41, 5.74) is 1.15. The molecule has 0 unspecified atom stereocenters. The Labute approximate surface area is 108 Å². The molecule has 0 radical (unpaired) electrons. The molecule has 1 saturated carbocycles. The standard InChI is InChI=1S/C15H20N2O/c1(2-13-7-8-16-9-13)12-5-6-15(17-10-12)18-11-14-3-4-14/h1-2,5-6,10,13-14,16H,3-4,7-9,11H2/b2-1+/t13-/m1/s1. The van der Waals surface area contributed by atoms with Gasteiger partial charge in [0.15, 0.2) is 0 Å². The van der Waals surface area contributed by atoms with Crippen LogP contribution in [0.3, 0.4) is 0 Å². The first-order valence-corrected chi connectivity index (χ1v) is 6.88. The Hall–Kier alpha value is -1.35. The summed E-state index contributed by atoms with van der Waals surface area (Å²) in [5.74, 6) is 2.21. The number of hydrogen-bond acceptors (Lipinski definition) is 3. The van der Waals surface area contributed by atoms with Crippen LogP contribution in [-0.2, 0) is 0 Å². The lowest BCUT2D eigenvalue weighted by atomic mass is 10.1. The van der Waals surface area contributed by atoms with E-state index in [4.69, 9.17) is 4.74 Å². The van der Waals surface area contributed by atoms with E-state index >= 15 is 0 Å². The molecule has 2 fully saturated rings. The molecule has 0 amide bonds. The highest BCUT2D eigenvalue weighted by Gasteiger charge is 2.21. The van der Waals surface area contributed by atoms with E-state index in [1.54, 1.807) is 0 Å². The Balaban J connectivity index is 1.52. The maximum atomic E-state index is 5.62. The van der Waals surface area contributed by atoms with E-state index in [9.17, 15) is 0 Å². The average Bonchev–Trinajstić information content (AvgIpc) is 3.09. The van der Waals surface area contributed by atoms with Crippen LogP contribution in [0.4, 0.5) is 0 Å². The van der Waals surface area contributed by atoms with Crippen LogP contribution in [-0.4, -0.2) is 24.7 Å². The van der Waals surface area contributed by atoms with E-state index in [1.165, 1.54) is 19.3 Å². The van der Waals surface area contributed by atoms with Crippen LogP contribution in [0.5, 0.6) is 5.88 Å². The van der Waals surface area contributed by atoms with Gasteiger partial charge in [-0.3, -0.25) is 0 Å². The van der Waals surface area contributed by atoms with Crippen molar-refractivity contribution in [3.8, 4) is 5.88 Å². The molecule has 1 aromatic rings. The van der Waals surface area contributed by atoms with Gasteiger partial charge in [-0.15, -0.1) is 0 Å². The topological polar surface area (TPSA) is 34.1 Å². The van der Waals surface area contributed by atoms with Crippen molar-refractivity contribution in [2.75, 3.05) is 19.7 Å². The third-order valence-electron chi connectivity index (χ3n) is 3.58. The predicted octanol–water partition coefficient (Wildman–Crippen LogP) is 2.49. The monoisotopic (exact) mass is 244 g/mol. The molecule has 1 aliphatic heterocycles. The second-order valence-corrected chi connectivity index (χ2v) is 5.30. The molecule has 1 aliphatic carbocycles. The zero-order chi connectivity index (χ0) is 12.2. The van der Waals surface area contributed by atoms with Crippen molar-refractivity contribution in [2.24, 2.45) is 11.8 Å². The zero-order valence-corrected chi connectivity index (χ0v) is 10.6. The van der Waals surface area contributed by atoms with Crippen molar-refractivity contribution >= 4 is 6.08 Å². The SMILES string of the molecule is C(=C\[C@@H]1CCNC1)/c1ccc(OCC2CC2)nc1. The molecule has 3 heteroatoms. The van der Waals surface area contributed by atoms with Gasteiger partial charge in [0, 0.05) is 18.8 Å². The smallest absolute Gasteiger partial charge is 0.213 e. The first kappa shape index (κ1) is 11.7. The highest BCUT2D eigenvalue weighted by Crippen LogP contribution is 2.29. The van der Waals surface area contributed by atoms with Crippen LogP contribution in [0.2, 0.25) is 0 Å². The lowest BCUT2D eigenvalue weighted by Crippen LogP contribution is -2.07. The summed E-state index contributed by atoms with van der Waals surface area (Å²) in [6, 6.07) is 4.04. The van der Waals surface area contributed by atoms with E-state index in [-0.39, 0.29) is 0 Å². The molecule has 18 heavy (non-hydrogen) atoms. The van der Waals surface area contributed by atoms with Crippen molar-refractivity contribution in [1.82, 2.24) is 10.3 Å². The number of pyridine rings is 1. The summed E-state index contributed by atoms with van der Waals surface area (Å²) in [4.78, 5) is 4.33. The predicted molar refractivity (Wildman–Crippen MR) is 72.5 cm³/mol. The lowest BCUT2D eigenvalue weighted by Gasteiger charge is -2.04. The molecule has 0 spiro atoms. The van der Waals surface area contributed by atoms with Gasteiger partial charge in [-0.05, 0) is 49.3 Å². The van der Waals surface area contributed by atoms with Crippen molar-refractivity contribution in [3.63, 3.8) is 0 Å². The van der Waals surface area contributed by atoms with E-state index < -0.39 is 0 Å². The minimum absolute atomic E-state index is 0.677. The normalized spacial score (nSPS) is 23.7. The van der Waals surface area contributed by atoms with Gasteiger partial charge in [0.25, 0.3) is 0 Å². The van der Waals surface area contributed by atoms with Crippen molar-refractivity contribution < 1.29 is 4.74 Å². The highest BCUT2D eigenvalue weighted by molar-refractivity contribution is 5.48. The van der Waals surface area contributed by atoms with Gasteiger partial charge in [0.05, 0.1) is 6.61 Å². The molecule has 2 aliphatic rings. The Bertz CT molecular complexity index is 403. The minimum atomic E-state index is 0.677. The minimum Gasteiger partial charge on any atom is -0.477 e. The molecule has 1 N–H and O–H groups in total. The van der Waals surface area contributed by atoms with Crippen LogP contribution in [0.25, 0.3) is 6.08 Å². The molecular formula is C15H20N2O. The highest BCUT2D eigenvalue weighted by atomic mass is 16.5. The Morgan fingerprint density at radius 1 is 1.33 bits per heavy atom. The molecule has 2 heterocycles. The number of aromatic nitrogens is 1. The molecule has 3 nitrogen and oxygen atoms in total. The Morgan fingerprint density at radius 3 is 2.94 bits per heavy atom. The summed E-state index contributed by atoms with van der Waals surface area (Å²) in [5, 5.41) is 3.36. The molecule has 96 valence electrons. The molecule has 0 bridgehead atoms. The molecule has 1 atom stereocenters. The summed E-state index contributed by atoms with van der Waals surface area (Å²) in [6.07, 6.45) is 10.2. The van der Waals surface area contributed by atoms with E-state index in [0.29, 0.717) is 5.92 Å². The molecule has 1 aromatic heterocycles. The fourth-order valence-electron chi connectivity index (χ4n) is 2.15. The Morgan fingerprint density at radius 2 is 2.28 bits per heavy atom. The molecule has 3 rings (SSSR count). The summed E-state index contributed by atoms with van der Waals surface area (Å²) in [7, 11) is 0. The molecule has 1 saturated heterocycles. The van der Waals surface area contributed by atoms with E-state index in [1.807, 2.05) is 12.3 Å². The maximum absolute atomic E-state index is 5.62. The van der Waals surface area contributed by atoms with Crippen molar-refractivity contribution in [3.05, 3.63) is 30.0 Å². The van der Waals surface area contributed by atoms with Crippen LogP contribution in [0.1, 0.15) is 24.8 Å². The number of rotatable bonds is 5. The fourth-order valence-corrected chi connectivity index (χ4v) is 2.15. The third-order valence-corrected chi connectivity index (χ3v) is 3.58. The average molecular weight is 244 g/mol. The van der Waals surface area contributed by atoms with Crippen LogP contribution in [0.15, 0.2) is 24.4 Å². The molecular weight excluding hydrogens is 224 g/mol. The maximum Gasteiger partial charge on any atom is 0.213 e. The second-order valence-electron chi connectivity index (χ2n) is 5.30. The van der Waals surface area contributed by atoms with Crippen molar-refractivity contribution in [1.29, 1.82) is 0 Å². The van der Waals surface area contributed by atoms with Gasteiger partial charge < -0.3 is 10.1 Å². The largest absolute Gasteiger partial charge is 0.477 e. The summed E-state index contributed by atoms with van der Waals surface area (Å²) >= 11 is 0. The van der Waals surface area contributed by atoms with E-state index in [2.05, 4.69) is 28.5 Å². The number of hydrogen-bond donors (Lipinski definition) is 1. The number of ether oxygens (including phenoxy) is 1. The van der Waals surface area contributed by atoms with Crippen LogP contribution >= 0.6 is 0 Å². The van der Waals surface area contributed by atoms with Gasteiger partial charge in [-0.25, -0.2) is 4.98 Å². The number of nitrogens with zero attached hydrogens (tertiary/aromatic N) is 1. The van der Waals surface area contributed by atoms with E-state index in [0.717, 1.165) is 37.1 Å². The number of nitrogens with one attached hydrogen (secondary N) is 1. The van der Waals surface area contributed by atoms with Crippen LogP contribution in [0, 0.1) is 11.8 Å². The van der Waals surface area contributed by atoms with Gasteiger partial charge in [-0.1, -0.05) is 12.2 Å². The lowest BCUT2D eigenvalue weighted by molar-refractivity contribution is 0.288. The van der Waals surface area contributed by atoms with Gasteiger partial charge in [-0.2, -0.15) is 0 Å². The van der Waals surface area contributed by atoms with Gasteiger partial charge in [0.2, 0.25) is 5.88 Å². The Kier molecular flexibility index (Phi) is 3.60. The first-order valence-electron chi connectivity index (χ1n) is 6.88. The van der Waals surface area contributed by atoms with Gasteiger partial charge in [0.1, 0.15) is 0 Å². The summed E-state index contributed by atoms with van der Waals surface area (Å²) in [6.45, 7) is 3.07. The first-order chi connectivity index (χ1) is 8.90. The van der Waals surface area contributed by atoms with Crippen LogP contribution < -0.4 is 10.1 Å². The summed E-state index contributed by atoms with van der Waals surface area (Å²) < 4.78 is 5.62. The van der Waals surface area contributed by atoms with Crippen molar-refractivity contribution in [2.45, 2.75) is 19.3 Å². The zero-order valence-electron chi connectivity index (χ0n) is 10.6.